The van der Waals surface area contributed by atoms with Gasteiger partial charge in [0.2, 0.25) is 15.9 Å². The number of likely N-dealkylation sites (tertiary alicyclic amines) is 1. The van der Waals surface area contributed by atoms with Crippen LogP contribution in [-0.4, -0.2) is 43.0 Å². The zero-order valence-electron chi connectivity index (χ0n) is 22.0. The number of aromatic hydroxyl groups is 1. The van der Waals surface area contributed by atoms with E-state index in [2.05, 4.69) is 31.6 Å². The summed E-state index contributed by atoms with van der Waals surface area (Å²) in [5.41, 5.74) is 3.52. The van der Waals surface area contributed by atoms with Gasteiger partial charge >= 0.3 is 0 Å². The number of rotatable bonds is 4. The predicted octanol–water partition coefficient (Wildman–Crippen LogP) is 4.60. The Hall–Kier alpha value is -2.38. The molecular weight excluding hydrogens is 472 g/mol. The van der Waals surface area contributed by atoms with Crippen molar-refractivity contribution in [3.63, 3.8) is 0 Å². The average molecular weight is 511 g/mol. The molecule has 6 nitrogen and oxygen atoms in total. The summed E-state index contributed by atoms with van der Waals surface area (Å²) in [5.74, 6) is 0.250. The Morgan fingerprint density at radius 1 is 1.11 bits per heavy atom. The topological polar surface area (TPSA) is 86.7 Å². The fourth-order valence-electron chi connectivity index (χ4n) is 7.02. The lowest BCUT2D eigenvalue weighted by Crippen LogP contribution is -2.65. The van der Waals surface area contributed by atoms with Gasteiger partial charge in [-0.05, 0) is 85.8 Å². The van der Waals surface area contributed by atoms with Crippen LogP contribution in [0, 0.1) is 25.2 Å². The second kappa shape index (κ2) is 8.59. The Kier molecular flexibility index (Phi) is 6.03. The molecule has 194 valence electrons. The molecule has 0 spiro atoms. The number of benzene rings is 2. The van der Waals surface area contributed by atoms with Gasteiger partial charge in [-0.2, -0.15) is 0 Å². The van der Waals surface area contributed by atoms with Gasteiger partial charge in [-0.15, -0.1) is 0 Å². The van der Waals surface area contributed by atoms with Gasteiger partial charge in [-0.3, -0.25) is 4.79 Å². The number of hydrogen-bond acceptors (Lipinski definition) is 4. The van der Waals surface area contributed by atoms with Crippen molar-refractivity contribution in [2.24, 2.45) is 11.3 Å². The van der Waals surface area contributed by atoms with Crippen LogP contribution in [0.1, 0.15) is 68.7 Å². The van der Waals surface area contributed by atoms with Crippen LogP contribution in [0.5, 0.6) is 5.75 Å². The first-order chi connectivity index (χ1) is 16.8. The van der Waals surface area contributed by atoms with Crippen LogP contribution in [0.4, 0.5) is 0 Å². The third-order valence-corrected chi connectivity index (χ3v) is 11.3. The highest BCUT2D eigenvalue weighted by Gasteiger charge is 2.57. The number of carbonyl (C=O) groups excluding carboxylic acids is 1. The van der Waals surface area contributed by atoms with Gasteiger partial charge in [0, 0.05) is 30.0 Å². The van der Waals surface area contributed by atoms with Crippen LogP contribution in [0.3, 0.4) is 0 Å². The number of aryl methyl sites for hydroxylation is 2. The molecule has 2 fully saturated rings. The van der Waals surface area contributed by atoms with Gasteiger partial charge in [0.25, 0.3) is 0 Å². The molecule has 2 aromatic rings. The van der Waals surface area contributed by atoms with Crippen LogP contribution in [0.15, 0.2) is 41.3 Å². The average Bonchev–Trinajstić information content (AvgIpc) is 3.25. The minimum absolute atomic E-state index is 0.00441. The molecule has 7 heteroatoms. The Morgan fingerprint density at radius 3 is 2.61 bits per heavy atom. The zero-order valence-corrected chi connectivity index (χ0v) is 22.8. The van der Waals surface area contributed by atoms with Crippen LogP contribution >= 0.6 is 0 Å². The highest BCUT2D eigenvalue weighted by molar-refractivity contribution is 7.89. The van der Waals surface area contributed by atoms with Crippen molar-refractivity contribution in [3.8, 4) is 5.75 Å². The van der Waals surface area contributed by atoms with Gasteiger partial charge in [0.1, 0.15) is 5.75 Å². The van der Waals surface area contributed by atoms with Crippen LogP contribution < -0.4 is 4.72 Å². The summed E-state index contributed by atoms with van der Waals surface area (Å²) in [5, 5.41) is 10.6. The van der Waals surface area contributed by atoms with Gasteiger partial charge in [0.15, 0.2) is 0 Å². The molecule has 1 amide bonds. The van der Waals surface area contributed by atoms with E-state index in [0.717, 1.165) is 23.1 Å². The molecule has 2 unspecified atom stereocenters. The predicted molar refractivity (Wildman–Crippen MR) is 140 cm³/mol. The van der Waals surface area contributed by atoms with E-state index in [0.29, 0.717) is 42.9 Å². The molecule has 5 rings (SSSR count). The molecule has 2 N–H and O–H groups in total. The number of fused-ring (bicyclic) bond motifs is 4. The number of sulfonamides is 1. The molecule has 4 atom stereocenters. The van der Waals surface area contributed by atoms with E-state index < -0.39 is 10.0 Å². The van der Waals surface area contributed by atoms with E-state index in [9.17, 15) is 18.3 Å². The third kappa shape index (κ3) is 3.86. The largest absolute Gasteiger partial charge is 0.508 e. The smallest absolute Gasteiger partial charge is 0.241 e. The summed E-state index contributed by atoms with van der Waals surface area (Å²) in [6.07, 6.45) is 3.34. The number of amides is 1. The van der Waals surface area contributed by atoms with Crippen molar-refractivity contribution in [1.82, 2.24) is 9.62 Å². The molecule has 1 heterocycles. The maximum atomic E-state index is 13.9. The van der Waals surface area contributed by atoms with Crippen molar-refractivity contribution in [2.75, 3.05) is 6.54 Å². The van der Waals surface area contributed by atoms with E-state index in [1.165, 1.54) is 5.56 Å². The van der Waals surface area contributed by atoms with Crippen molar-refractivity contribution >= 4 is 15.9 Å². The molecule has 2 aromatic carbocycles. The second-order valence-electron chi connectivity index (χ2n) is 12.0. The lowest BCUT2D eigenvalue weighted by atomic mass is 9.51. The zero-order chi connectivity index (χ0) is 26.0. The molecule has 1 aliphatic heterocycles. The summed E-state index contributed by atoms with van der Waals surface area (Å²) < 4.78 is 29.1. The Morgan fingerprint density at radius 2 is 1.86 bits per heavy atom. The van der Waals surface area contributed by atoms with E-state index in [4.69, 9.17) is 0 Å². The van der Waals surface area contributed by atoms with Gasteiger partial charge in [-0.1, -0.05) is 45.0 Å². The number of nitrogens with one attached hydrogen (secondary N) is 1. The molecule has 2 aliphatic carbocycles. The maximum absolute atomic E-state index is 13.9. The van der Waals surface area contributed by atoms with Crippen molar-refractivity contribution < 1.29 is 18.3 Å². The summed E-state index contributed by atoms with van der Waals surface area (Å²) >= 11 is 0. The van der Waals surface area contributed by atoms with E-state index in [-0.39, 0.29) is 34.7 Å². The van der Waals surface area contributed by atoms with E-state index >= 15 is 0 Å². The number of nitrogens with zero attached hydrogens (tertiary/aromatic N) is 1. The second-order valence-corrected chi connectivity index (χ2v) is 13.6. The normalized spacial score (nSPS) is 29.1. The molecule has 3 aliphatic rings. The lowest BCUT2D eigenvalue weighted by Gasteiger charge is -2.61. The molecule has 1 saturated heterocycles. The van der Waals surface area contributed by atoms with Gasteiger partial charge in [0.05, 0.1) is 4.90 Å². The standard InChI is InChI=1S/C29H38N2O4S/c1-18-9-10-19(2)25(15-18)36(34,35)30-21-12-11-20(16-21)27(33)31-14-13-29(5)23-7-6-8-24(32)22(23)17-26(31)28(29,3)4/h6-10,15,20-21,26,30,32H,11-14,16-17H2,1-5H3/t20?,21?,26-,29+/m1/s1. The fourth-order valence-corrected chi connectivity index (χ4v) is 8.63. The molecule has 0 aromatic heterocycles. The first-order valence-corrected chi connectivity index (χ1v) is 14.5. The summed E-state index contributed by atoms with van der Waals surface area (Å²) in [7, 11) is -3.65. The van der Waals surface area contributed by atoms with Gasteiger partial charge < -0.3 is 10.0 Å². The van der Waals surface area contributed by atoms with Crippen molar-refractivity contribution in [2.45, 2.75) is 89.1 Å². The monoisotopic (exact) mass is 510 g/mol. The first kappa shape index (κ1) is 25.3. The maximum Gasteiger partial charge on any atom is 0.241 e. The van der Waals surface area contributed by atoms with Crippen LogP contribution in [-0.2, 0) is 26.7 Å². The Labute approximate surface area is 215 Å². The summed E-state index contributed by atoms with van der Waals surface area (Å²) in [6.45, 7) is 11.2. The minimum Gasteiger partial charge on any atom is -0.508 e. The number of piperidine rings is 1. The molecule has 1 saturated carbocycles. The first-order valence-electron chi connectivity index (χ1n) is 13.1. The Balaban J connectivity index is 1.34. The molecular formula is C29H38N2O4S. The van der Waals surface area contributed by atoms with Crippen molar-refractivity contribution in [1.29, 1.82) is 0 Å². The van der Waals surface area contributed by atoms with E-state index in [1.54, 1.807) is 19.1 Å². The number of hydrogen-bond donors (Lipinski definition) is 2. The third-order valence-electron chi connectivity index (χ3n) is 9.65. The highest BCUT2D eigenvalue weighted by Crippen LogP contribution is 2.57. The summed E-state index contributed by atoms with van der Waals surface area (Å²) in [4.78, 5) is 16.2. The van der Waals surface area contributed by atoms with Crippen molar-refractivity contribution in [3.05, 3.63) is 58.7 Å². The minimum atomic E-state index is -3.65. The van der Waals surface area contributed by atoms with Crippen LogP contribution in [0.2, 0.25) is 0 Å². The summed E-state index contributed by atoms with van der Waals surface area (Å²) in [6, 6.07) is 11.0. The quantitative estimate of drug-likeness (QED) is 0.630. The lowest BCUT2D eigenvalue weighted by molar-refractivity contribution is -0.148. The highest BCUT2D eigenvalue weighted by atomic mass is 32.2. The SMILES string of the molecule is Cc1ccc(C)c(S(=O)(=O)NC2CCC(C(=O)N3CC[C@@]4(C)c5cccc(O)c5C[C@@H]3C4(C)C)C2)c1. The number of phenolic OH excluding ortho intramolecular Hbond substituents is 1. The molecule has 0 radical (unpaired) electrons. The number of carbonyl (C=O) groups is 1. The van der Waals surface area contributed by atoms with Crippen LogP contribution in [0.25, 0.3) is 0 Å². The number of phenols is 1. The van der Waals surface area contributed by atoms with Gasteiger partial charge in [-0.25, -0.2) is 13.1 Å². The molecule has 2 bridgehead atoms. The van der Waals surface area contributed by atoms with E-state index in [1.807, 2.05) is 30.0 Å². The Bertz CT molecular complexity index is 1320. The molecule has 36 heavy (non-hydrogen) atoms. The fraction of sp³-hybridized carbons (Fsp3) is 0.552.